The predicted octanol–water partition coefficient (Wildman–Crippen LogP) is 2.68. The Balaban J connectivity index is 2.32. The van der Waals surface area contributed by atoms with Gasteiger partial charge in [0.2, 0.25) is 0 Å². The lowest BCUT2D eigenvalue weighted by atomic mass is 10.3. The average molecular weight is 257 g/mol. The van der Waals surface area contributed by atoms with Crippen molar-refractivity contribution in [3.63, 3.8) is 0 Å². The summed E-state index contributed by atoms with van der Waals surface area (Å²) >= 11 is 7.02. The van der Waals surface area contributed by atoms with Crippen LogP contribution in [0.25, 0.3) is 0 Å². The van der Waals surface area contributed by atoms with Crippen molar-refractivity contribution < 1.29 is 9.90 Å². The van der Waals surface area contributed by atoms with E-state index in [0.717, 1.165) is 10.6 Å². The van der Waals surface area contributed by atoms with Crippen LogP contribution in [-0.4, -0.2) is 23.8 Å². The van der Waals surface area contributed by atoms with Crippen molar-refractivity contribution in [3.05, 3.63) is 27.9 Å². The van der Waals surface area contributed by atoms with E-state index in [2.05, 4.69) is 4.99 Å². The summed E-state index contributed by atoms with van der Waals surface area (Å²) in [7, 11) is 0. The van der Waals surface area contributed by atoms with Crippen molar-refractivity contribution in [1.82, 2.24) is 0 Å². The van der Waals surface area contributed by atoms with Crippen LogP contribution in [0.1, 0.15) is 15.2 Å². The number of hydrogen-bond acceptors (Lipinski definition) is 4. The van der Waals surface area contributed by atoms with Crippen molar-refractivity contribution in [2.75, 3.05) is 11.4 Å². The van der Waals surface area contributed by atoms with Crippen LogP contribution in [0.2, 0.25) is 0 Å². The van der Waals surface area contributed by atoms with E-state index in [4.69, 9.17) is 16.7 Å². The van der Waals surface area contributed by atoms with Crippen LogP contribution in [0.3, 0.4) is 0 Å². The molecule has 0 fully saturated rings. The number of hydrogen-bond donors (Lipinski definition) is 1. The van der Waals surface area contributed by atoms with E-state index in [9.17, 15) is 4.79 Å². The average Bonchev–Trinajstić information content (AvgIpc) is 2.60. The molecule has 0 aromatic carbocycles. The van der Waals surface area contributed by atoms with Gasteiger partial charge in [-0.2, -0.15) is 0 Å². The van der Waals surface area contributed by atoms with Crippen molar-refractivity contribution in [1.29, 1.82) is 0 Å². The Labute approximate surface area is 101 Å². The maximum Gasteiger partial charge on any atom is 0.346 e. The van der Waals surface area contributed by atoms with Gasteiger partial charge >= 0.3 is 5.97 Å². The molecule has 1 aliphatic rings. The van der Waals surface area contributed by atoms with Crippen LogP contribution in [0.5, 0.6) is 0 Å². The van der Waals surface area contributed by atoms with Crippen molar-refractivity contribution in [2.24, 2.45) is 4.99 Å². The second-order valence-corrected chi connectivity index (χ2v) is 4.74. The lowest BCUT2D eigenvalue weighted by Crippen LogP contribution is -2.20. The van der Waals surface area contributed by atoms with Gasteiger partial charge in [0.05, 0.1) is 11.5 Å². The van der Waals surface area contributed by atoms with Crippen molar-refractivity contribution in [3.8, 4) is 0 Å². The molecular formula is C10H9ClN2O2S. The summed E-state index contributed by atoms with van der Waals surface area (Å²) in [5.41, 5.74) is 0.763. The van der Waals surface area contributed by atoms with Gasteiger partial charge < -0.3 is 10.0 Å². The maximum atomic E-state index is 10.9. The minimum atomic E-state index is -0.894. The van der Waals surface area contributed by atoms with Gasteiger partial charge in [-0.3, -0.25) is 0 Å². The number of carboxylic acid groups (broad SMARTS) is 1. The number of rotatable bonds is 2. The van der Waals surface area contributed by atoms with E-state index in [-0.39, 0.29) is 0 Å². The molecule has 1 aliphatic heterocycles. The van der Waals surface area contributed by atoms with E-state index in [0.29, 0.717) is 16.6 Å². The quantitative estimate of drug-likeness (QED) is 0.828. The van der Waals surface area contributed by atoms with Gasteiger partial charge in [0.15, 0.2) is 0 Å². The molecule has 6 heteroatoms. The third-order valence-electron chi connectivity index (χ3n) is 2.14. The van der Waals surface area contributed by atoms with Gasteiger partial charge in [0.25, 0.3) is 0 Å². The molecule has 84 valence electrons. The first-order chi connectivity index (χ1) is 7.58. The molecule has 0 aliphatic carbocycles. The summed E-state index contributed by atoms with van der Waals surface area (Å²) in [5.74, 6) is -0.894. The zero-order valence-electron chi connectivity index (χ0n) is 8.48. The van der Waals surface area contributed by atoms with Crippen LogP contribution in [-0.2, 0) is 0 Å². The SMILES string of the molecule is Cc1cc(N2C=C(Cl)N=CC2)sc1C(=O)O. The topological polar surface area (TPSA) is 52.9 Å². The number of anilines is 1. The fraction of sp³-hybridized carbons (Fsp3) is 0.200. The highest BCUT2D eigenvalue weighted by Gasteiger charge is 2.16. The summed E-state index contributed by atoms with van der Waals surface area (Å²) in [6.07, 6.45) is 3.39. The maximum absolute atomic E-state index is 10.9. The molecule has 0 unspecified atom stereocenters. The van der Waals surface area contributed by atoms with Gasteiger partial charge in [-0.25, -0.2) is 9.79 Å². The molecule has 4 nitrogen and oxygen atoms in total. The molecule has 1 N–H and O–H groups in total. The molecule has 0 bridgehead atoms. The number of thiophene rings is 1. The fourth-order valence-corrected chi connectivity index (χ4v) is 2.59. The standard InChI is InChI=1S/C10H9ClN2O2S/c1-6-4-8(16-9(6)10(14)15)13-3-2-12-7(11)5-13/h2,4-5H,3H2,1H3,(H,14,15). The molecule has 16 heavy (non-hydrogen) atoms. The largest absolute Gasteiger partial charge is 0.477 e. The molecule has 0 atom stereocenters. The third kappa shape index (κ3) is 2.10. The van der Waals surface area contributed by atoms with Crippen LogP contribution in [0, 0.1) is 6.92 Å². The van der Waals surface area contributed by atoms with Crippen LogP contribution >= 0.6 is 22.9 Å². The highest BCUT2D eigenvalue weighted by atomic mass is 35.5. The van der Waals surface area contributed by atoms with Gasteiger partial charge in [-0.1, -0.05) is 11.6 Å². The number of nitrogens with zero attached hydrogens (tertiary/aromatic N) is 2. The zero-order valence-corrected chi connectivity index (χ0v) is 10.0. The molecule has 0 saturated heterocycles. The smallest absolute Gasteiger partial charge is 0.346 e. The van der Waals surface area contributed by atoms with Crippen LogP contribution in [0.15, 0.2) is 22.4 Å². The number of aromatic carboxylic acids is 1. The predicted molar refractivity (Wildman–Crippen MR) is 65.8 cm³/mol. The number of carbonyl (C=O) groups is 1. The summed E-state index contributed by atoms with van der Waals surface area (Å²) in [4.78, 5) is 17.1. The second-order valence-electron chi connectivity index (χ2n) is 3.32. The lowest BCUT2D eigenvalue weighted by Gasteiger charge is -2.18. The Kier molecular flexibility index (Phi) is 2.98. The highest BCUT2D eigenvalue weighted by Crippen LogP contribution is 2.31. The van der Waals surface area contributed by atoms with E-state index in [1.165, 1.54) is 11.3 Å². The Bertz CT molecular complexity index is 493. The van der Waals surface area contributed by atoms with Gasteiger partial charge in [-0.15, -0.1) is 11.3 Å². The summed E-state index contributed by atoms with van der Waals surface area (Å²) in [6, 6.07) is 1.84. The van der Waals surface area contributed by atoms with Gasteiger partial charge in [0, 0.05) is 12.4 Å². The summed E-state index contributed by atoms with van der Waals surface area (Å²) in [5, 5.41) is 10.2. The minimum Gasteiger partial charge on any atom is -0.477 e. The Morgan fingerprint density at radius 3 is 3.00 bits per heavy atom. The van der Waals surface area contributed by atoms with Gasteiger partial charge in [-0.05, 0) is 18.6 Å². The molecule has 1 aromatic rings. The lowest BCUT2D eigenvalue weighted by molar-refractivity contribution is 0.0701. The molecule has 0 amide bonds. The number of aryl methyl sites for hydroxylation is 1. The summed E-state index contributed by atoms with van der Waals surface area (Å²) in [6.45, 7) is 2.39. The van der Waals surface area contributed by atoms with Crippen LogP contribution in [0.4, 0.5) is 5.00 Å². The molecule has 2 heterocycles. The monoisotopic (exact) mass is 256 g/mol. The number of aliphatic imine (C=N–C) groups is 1. The van der Waals surface area contributed by atoms with Crippen LogP contribution < -0.4 is 4.90 Å². The highest BCUT2D eigenvalue weighted by molar-refractivity contribution is 7.18. The van der Waals surface area contributed by atoms with E-state index >= 15 is 0 Å². The fourth-order valence-electron chi connectivity index (χ4n) is 1.40. The first-order valence-corrected chi connectivity index (χ1v) is 5.77. The zero-order chi connectivity index (χ0) is 11.7. The third-order valence-corrected chi connectivity index (χ3v) is 3.59. The molecule has 0 spiro atoms. The normalized spacial score (nSPS) is 15.1. The van der Waals surface area contributed by atoms with Crippen molar-refractivity contribution >= 4 is 40.1 Å². The molecule has 0 radical (unpaired) electrons. The Morgan fingerprint density at radius 2 is 2.44 bits per heavy atom. The summed E-state index contributed by atoms with van der Waals surface area (Å²) < 4.78 is 0. The van der Waals surface area contributed by atoms with Crippen molar-refractivity contribution in [2.45, 2.75) is 6.92 Å². The molecule has 1 aromatic heterocycles. The Morgan fingerprint density at radius 1 is 1.69 bits per heavy atom. The minimum absolute atomic E-state index is 0.363. The number of carboxylic acids is 1. The first kappa shape index (κ1) is 11.2. The Hall–Kier alpha value is -1.33. The van der Waals surface area contributed by atoms with E-state index < -0.39 is 5.97 Å². The van der Waals surface area contributed by atoms with E-state index in [1.54, 1.807) is 19.3 Å². The second kappa shape index (κ2) is 4.27. The van der Waals surface area contributed by atoms with Gasteiger partial charge in [0.1, 0.15) is 10.0 Å². The molecule has 0 saturated carbocycles. The first-order valence-electron chi connectivity index (χ1n) is 4.58. The molecule has 2 rings (SSSR count). The van der Waals surface area contributed by atoms with E-state index in [1.807, 2.05) is 11.0 Å². The molecular weight excluding hydrogens is 248 g/mol. The number of halogens is 1.